The van der Waals surface area contributed by atoms with Crippen molar-refractivity contribution in [1.82, 2.24) is 41.4 Å². The Hall–Kier alpha value is -7.25. The fraction of sp³-hybridized carbons (Fsp3) is 0.532. The number of aliphatic hydroxyl groups excluding tert-OH is 8. The number of hydrogen-bond donors (Lipinski definition) is 15. The Bertz CT molecular complexity index is 2970. The van der Waals surface area contributed by atoms with Crippen LogP contribution in [0.15, 0.2) is 96.6 Å². The van der Waals surface area contributed by atoms with E-state index in [1.165, 1.54) is 37.3 Å². The van der Waals surface area contributed by atoms with E-state index >= 15 is 0 Å². The Labute approximate surface area is 516 Å². The normalized spacial score (nSPS) is 28.1. The maximum Gasteiger partial charge on any atom is 0.251 e. The summed E-state index contributed by atoms with van der Waals surface area (Å²) < 4.78 is 11.4. The number of nitrogens with one attached hydrogen (secondary N) is 5. The molecule has 7 amide bonds. The van der Waals surface area contributed by atoms with E-state index in [9.17, 15) is 74.4 Å². The van der Waals surface area contributed by atoms with Crippen LogP contribution >= 0.6 is 0 Å². The molecule has 7 rings (SSSR count). The van der Waals surface area contributed by atoms with Crippen LogP contribution in [-0.4, -0.2) is 234 Å². The Kier molecular flexibility index (Phi) is 24.9. The Balaban J connectivity index is 1.24. The number of aliphatic hydroxyl groups is 8. The van der Waals surface area contributed by atoms with Gasteiger partial charge in [-0.25, -0.2) is 5.01 Å². The molecule has 4 aliphatic rings. The predicted octanol–water partition coefficient (Wildman–Crippen LogP) is -2.60. The van der Waals surface area contributed by atoms with Crippen LogP contribution in [0.25, 0.3) is 22.3 Å². The number of hydrogen-bond acceptors (Lipinski definition) is 20. The van der Waals surface area contributed by atoms with Crippen molar-refractivity contribution in [2.24, 2.45) is 17.5 Å². The molecule has 3 aliphatic heterocycles. The highest BCUT2D eigenvalue weighted by molar-refractivity contribution is 6.00. The minimum atomic E-state index is -2.27. The maximum atomic E-state index is 14.8. The molecule has 3 fully saturated rings. The number of nitrogens with zero attached hydrogens (tertiary/aromatic N) is 3. The minimum Gasteiger partial charge on any atom is -0.494 e. The quantitative estimate of drug-likeness (QED) is 0.0313. The SMILES string of the molecule is CCCCCOc1ccc(-c2ccc(-c3ccc(C(=O)N[C@H]4C[C@@H](O)C(N(N)CCOCCN)NC(=O)C5[C@@H](O)[C@@H](C)CN5C(=O)C([C@@H](C)O)NC(=O)C([C@H](O)[C@@H](O)C5=CCC(O)C=C5)NC(=O)C5C[C@@H](O)CN5C(=O)C([C@@H](C)O)NC4=O)cc3)cc2)cc1. The van der Waals surface area contributed by atoms with Crippen molar-refractivity contribution in [3.05, 3.63) is 102 Å². The summed E-state index contributed by atoms with van der Waals surface area (Å²) in [7, 11) is 0. The van der Waals surface area contributed by atoms with Gasteiger partial charge in [0.1, 0.15) is 60.4 Å². The summed E-state index contributed by atoms with van der Waals surface area (Å²) in [5.74, 6) is -1.63. The van der Waals surface area contributed by atoms with Crippen molar-refractivity contribution in [2.45, 2.75) is 157 Å². The van der Waals surface area contributed by atoms with Crippen LogP contribution in [0.2, 0.25) is 0 Å². The minimum absolute atomic E-state index is 0.00209. The lowest BCUT2D eigenvalue weighted by Gasteiger charge is -2.36. The standard InChI is InChI=1S/C62H86N10O17/c1-5-6-7-26-89-44-22-18-39(19-23-44)37-10-8-36(9-11-37)38-12-14-41(15-13-38)56(81)65-45-30-47(77)55(72(64)25-28-88-27-24-63)69-60(85)51-52(78)33(2)31-71(51)62(87)49(35(4)74)67-59(84)50(54(80)53(79)40-16-20-42(75)21-17-40)68-58(83)46-29-43(76)32-70(46)61(86)48(34(3)73)66-57(45)82/h8-20,22-23,33-35,42-43,45-55,73-80H,5-7,21,24-32,63-64H2,1-4H3,(H,65,81)(H,66,82)(H,67,84)(H,68,83)(H,69,85)/t33-,34+,35+,42?,43+,45-,46?,47+,48?,49?,50?,51?,52-,53-,54-,55?/m0/s1. The fourth-order valence-electron chi connectivity index (χ4n) is 11.2. The summed E-state index contributed by atoms with van der Waals surface area (Å²) >= 11 is 0. The number of ether oxygens (including phenoxy) is 2. The average Bonchev–Trinajstić information content (AvgIpc) is 1.95. The van der Waals surface area contributed by atoms with Gasteiger partial charge in [0.15, 0.2) is 0 Å². The number of hydrazine groups is 1. The zero-order valence-electron chi connectivity index (χ0n) is 50.3. The van der Waals surface area contributed by atoms with E-state index in [1.54, 1.807) is 12.1 Å². The van der Waals surface area contributed by atoms with E-state index < -0.39 is 158 Å². The Morgan fingerprint density at radius 2 is 1.28 bits per heavy atom. The molecule has 3 heterocycles. The summed E-state index contributed by atoms with van der Waals surface area (Å²) in [4.78, 5) is 104. The number of benzene rings is 3. The third kappa shape index (κ3) is 17.6. The van der Waals surface area contributed by atoms with E-state index in [-0.39, 0.29) is 50.4 Å². The molecule has 7 unspecified atom stereocenters. The second-order valence-electron chi connectivity index (χ2n) is 23.2. The summed E-state index contributed by atoms with van der Waals surface area (Å²) in [6.07, 6.45) is -9.79. The zero-order chi connectivity index (χ0) is 64.8. The van der Waals surface area contributed by atoms with Crippen molar-refractivity contribution in [1.29, 1.82) is 0 Å². The molecule has 16 atom stereocenters. The van der Waals surface area contributed by atoms with Crippen molar-refractivity contribution in [3.8, 4) is 28.0 Å². The molecule has 3 saturated heterocycles. The van der Waals surface area contributed by atoms with E-state index in [0.717, 1.165) is 75.9 Å². The number of rotatable bonds is 20. The smallest absolute Gasteiger partial charge is 0.251 e. The van der Waals surface area contributed by atoms with Gasteiger partial charge < -0.3 is 92.4 Å². The van der Waals surface area contributed by atoms with Crippen LogP contribution in [0.5, 0.6) is 5.75 Å². The topological polar surface area (TPSA) is 422 Å². The van der Waals surface area contributed by atoms with Gasteiger partial charge in [0.25, 0.3) is 5.91 Å². The number of unbranched alkanes of at least 4 members (excludes halogenated alkanes) is 2. The highest BCUT2D eigenvalue weighted by Gasteiger charge is 2.51. The van der Waals surface area contributed by atoms with Gasteiger partial charge in [0, 0.05) is 50.5 Å². The maximum absolute atomic E-state index is 14.8. The fourth-order valence-corrected chi connectivity index (χ4v) is 11.2. The molecule has 3 aromatic rings. The van der Waals surface area contributed by atoms with Crippen molar-refractivity contribution >= 4 is 41.4 Å². The van der Waals surface area contributed by atoms with Crippen LogP contribution in [0.3, 0.4) is 0 Å². The molecule has 17 N–H and O–H groups in total. The summed E-state index contributed by atoms with van der Waals surface area (Å²) in [5, 5.41) is 104. The largest absolute Gasteiger partial charge is 0.494 e. The predicted molar refractivity (Wildman–Crippen MR) is 323 cm³/mol. The van der Waals surface area contributed by atoms with Gasteiger partial charge in [0.05, 0.1) is 56.4 Å². The first-order valence-electron chi connectivity index (χ1n) is 30.1. The van der Waals surface area contributed by atoms with Gasteiger partial charge in [-0.2, -0.15) is 0 Å². The number of carbonyl (C=O) groups is 7. The lowest BCUT2D eigenvalue weighted by molar-refractivity contribution is -0.148. The number of nitrogens with two attached hydrogens (primary N) is 2. The summed E-state index contributed by atoms with van der Waals surface area (Å²) in [6.45, 7) is 5.39. The van der Waals surface area contributed by atoms with Crippen LogP contribution in [0.4, 0.5) is 0 Å². The first kappa shape index (κ1) is 69.2. The lowest BCUT2D eigenvalue weighted by atomic mass is 9.93. The zero-order valence-corrected chi connectivity index (χ0v) is 50.3. The van der Waals surface area contributed by atoms with Gasteiger partial charge >= 0.3 is 0 Å². The van der Waals surface area contributed by atoms with E-state index in [4.69, 9.17) is 21.1 Å². The van der Waals surface area contributed by atoms with Gasteiger partial charge in [0.2, 0.25) is 35.4 Å². The van der Waals surface area contributed by atoms with Gasteiger partial charge in [-0.05, 0) is 78.8 Å². The van der Waals surface area contributed by atoms with Crippen molar-refractivity contribution in [3.63, 3.8) is 0 Å². The summed E-state index contributed by atoms with van der Waals surface area (Å²) in [6, 6.07) is 10.3. The molecule has 0 saturated carbocycles. The highest BCUT2D eigenvalue weighted by atomic mass is 16.5. The third-order valence-electron chi connectivity index (χ3n) is 16.4. The van der Waals surface area contributed by atoms with Crippen LogP contribution in [0.1, 0.15) is 76.6 Å². The number of fused-ring (bicyclic) bond motifs is 2. The average molecular weight is 1240 g/mol. The molecule has 0 bridgehead atoms. The first-order valence-corrected chi connectivity index (χ1v) is 30.1. The van der Waals surface area contributed by atoms with Crippen LogP contribution in [-0.2, 0) is 33.5 Å². The van der Waals surface area contributed by atoms with Crippen molar-refractivity contribution < 1.29 is 83.9 Å². The molecular weight excluding hydrogens is 1160 g/mol. The number of carbonyl (C=O) groups excluding carboxylic acids is 7. The first-order chi connectivity index (χ1) is 42.4. The van der Waals surface area contributed by atoms with Crippen molar-refractivity contribution in [2.75, 3.05) is 46.0 Å². The lowest BCUT2D eigenvalue weighted by Crippen LogP contribution is -2.65. The van der Waals surface area contributed by atoms with Crippen LogP contribution in [0, 0.1) is 5.92 Å². The van der Waals surface area contributed by atoms with E-state index in [1.807, 2.05) is 48.5 Å². The van der Waals surface area contributed by atoms with Gasteiger partial charge in [-0.15, -0.1) is 0 Å². The molecule has 27 heteroatoms. The molecular formula is C62H86N10O17. The molecule has 0 spiro atoms. The van der Waals surface area contributed by atoms with Crippen LogP contribution < -0.4 is 42.9 Å². The highest BCUT2D eigenvalue weighted by Crippen LogP contribution is 2.30. The van der Waals surface area contributed by atoms with E-state index in [0.29, 0.717) is 6.61 Å². The van der Waals surface area contributed by atoms with Gasteiger partial charge in [-0.3, -0.25) is 39.4 Å². The monoisotopic (exact) mass is 1240 g/mol. The molecule has 27 nitrogen and oxygen atoms in total. The molecule has 3 aromatic carbocycles. The Morgan fingerprint density at radius 1 is 0.708 bits per heavy atom. The molecule has 0 aromatic heterocycles. The molecule has 1 aliphatic carbocycles. The third-order valence-corrected chi connectivity index (χ3v) is 16.4. The van der Waals surface area contributed by atoms with Gasteiger partial charge in [-0.1, -0.05) is 93.4 Å². The second kappa shape index (κ2) is 32.0. The molecule has 89 heavy (non-hydrogen) atoms. The number of amides is 7. The second-order valence-corrected chi connectivity index (χ2v) is 23.2. The molecule has 0 radical (unpaired) electrons. The Morgan fingerprint density at radius 3 is 1.85 bits per heavy atom. The van der Waals surface area contributed by atoms with E-state index in [2.05, 4.69) is 33.5 Å². The summed E-state index contributed by atoms with van der Waals surface area (Å²) in [5.41, 5.74) is 9.10. The molecule has 486 valence electrons.